The molecule has 0 atom stereocenters. The van der Waals surface area contributed by atoms with Crippen molar-refractivity contribution in [2.75, 3.05) is 7.05 Å². The molecule has 0 aliphatic carbocycles. The summed E-state index contributed by atoms with van der Waals surface area (Å²) in [6.07, 6.45) is 3.35. The normalized spacial score (nSPS) is 11.7. The van der Waals surface area contributed by atoms with Crippen molar-refractivity contribution in [3.05, 3.63) is 76.9 Å². The van der Waals surface area contributed by atoms with Gasteiger partial charge in [-0.3, -0.25) is 5.01 Å². The van der Waals surface area contributed by atoms with Gasteiger partial charge in [0.1, 0.15) is 5.82 Å². The summed E-state index contributed by atoms with van der Waals surface area (Å²) in [6.45, 7) is 7.28. The molecule has 4 N–H and O–H groups in total. The van der Waals surface area contributed by atoms with Crippen LogP contribution in [0.5, 0.6) is 0 Å². The molecule has 3 rings (SSSR count). The molecule has 0 amide bonds. The lowest BCUT2D eigenvalue weighted by Crippen LogP contribution is -2.35. The number of aromatic nitrogens is 2. The third-order valence-electron chi connectivity index (χ3n) is 5.52. The minimum Gasteiger partial charge on any atom is -0.328 e. The second-order valence-corrected chi connectivity index (χ2v) is 7.69. The van der Waals surface area contributed by atoms with Crippen LogP contribution in [0.2, 0.25) is 0 Å². The molecule has 0 fully saturated rings. The number of unbranched alkanes of at least 4 members (excludes halogenated alkanes) is 1. The summed E-state index contributed by atoms with van der Waals surface area (Å²) in [4.78, 5) is 4.79. The van der Waals surface area contributed by atoms with Crippen LogP contribution in [0.3, 0.4) is 0 Å². The van der Waals surface area contributed by atoms with Crippen molar-refractivity contribution in [3.8, 4) is 11.1 Å². The molecule has 0 bridgehead atoms. The lowest BCUT2D eigenvalue weighted by Gasteiger charge is -2.18. The SMILES string of the molecule is CCCCc1nc(C)c(C)n1Cc1ccc(-c2ccccc2/C(=N/N)N(C)N)cc1. The van der Waals surface area contributed by atoms with Crippen LogP contribution in [0.25, 0.3) is 11.1 Å². The first-order valence-electron chi connectivity index (χ1n) is 10.4. The van der Waals surface area contributed by atoms with E-state index in [1.54, 1.807) is 7.05 Å². The summed E-state index contributed by atoms with van der Waals surface area (Å²) in [7, 11) is 1.73. The molecule has 1 aromatic heterocycles. The summed E-state index contributed by atoms with van der Waals surface area (Å²) in [5.41, 5.74) is 6.65. The van der Waals surface area contributed by atoms with E-state index in [9.17, 15) is 0 Å². The van der Waals surface area contributed by atoms with Crippen LogP contribution in [-0.4, -0.2) is 27.4 Å². The first-order chi connectivity index (χ1) is 14.5. The van der Waals surface area contributed by atoms with Gasteiger partial charge in [0.25, 0.3) is 0 Å². The number of imidazole rings is 1. The Hall–Kier alpha value is -3.12. The smallest absolute Gasteiger partial charge is 0.169 e. The molecule has 0 aliphatic rings. The van der Waals surface area contributed by atoms with Gasteiger partial charge in [-0.05, 0) is 37.0 Å². The molecule has 0 radical (unpaired) electrons. The van der Waals surface area contributed by atoms with E-state index in [0.717, 1.165) is 41.8 Å². The highest BCUT2D eigenvalue weighted by Gasteiger charge is 2.14. The zero-order valence-corrected chi connectivity index (χ0v) is 18.4. The van der Waals surface area contributed by atoms with Gasteiger partial charge in [-0.1, -0.05) is 61.9 Å². The maximum absolute atomic E-state index is 5.91. The van der Waals surface area contributed by atoms with E-state index in [0.29, 0.717) is 5.84 Å². The first kappa shape index (κ1) is 21.6. The van der Waals surface area contributed by atoms with Gasteiger partial charge in [0.05, 0.1) is 5.69 Å². The van der Waals surface area contributed by atoms with Gasteiger partial charge in [-0.2, -0.15) is 5.10 Å². The zero-order chi connectivity index (χ0) is 21.7. The van der Waals surface area contributed by atoms with Gasteiger partial charge in [-0.25, -0.2) is 10.8 Å². The van der Waals surface area contributed by atoms with Crippen LogP contribution in [0.1, 0.15) is 48.1 Å². The Bertz CT molecular complexity index is 1010. The third kappa shape index (κ3) is 4.54. The van der Waals surface area contributed by atoms with Crippen molar-refractivity contribution >= 4 is 5.84 Å². The summed E-state index contributed by atoms with van der Waals surface area (Å²) < 4.78 is 2.34. The Morgan fingerprint density at radius 2 is 1.80 bits per heavy atom. The number of hydrazine groups is 1. The van der Waals surface area contributed by atoms with Crippen molar-refractivity contribution < 1.29 is 0 Å². The van der Waals surface area contributed by atoms with Crippen molar-refractivity contribution in [1.29, 1.82) is 0 Å². The van der Waals surface area contributed by atoms with Gasteiger partial charge in [0.15, 0.2) is 5.84 Å². The molecule has 1 heterocycles. The summed E-state index contributed by atoms with van der Waals surface area (Å²) in [6, 6.07) is 16.7. The number of hydrogen-bond acceptors (Lipinski definition) is 4. The predicted octanol–water partition coefficient (Wildman–Crippen LogP) is 3.98. The Balaban J connectivity index is 1.89. The Labute approximate surface area is 179 Å². The highest BCUT2D eigenvalue weighted by Crippen LogP contribution is 2.25. The van der Waals surface area contributed by atoms with Crippen molar-refractivity contribution in [2.24, 2.45) is 16.8 Å². The lowest BCUT2D eigenvalue weighted by atomic mass is 9.98. The molecule has 0 aliphatic heterocycles. The second kappa shape index (κ2) is 9.59. The molecule has 30 heavy (non-hydrogen) atoms. The molecule has 0 saturated heterocycles. The van der Waals surface area contributed by atoms with E-state index in [-0.39, 0.29) is 0 Å². The van der Waals surface area contributed by atoms with E-state index >= 15 is 0 Å². The molecule has 6 heteroatoms. The fourth-order valence-corrected chi connectivity index (χ4v) is 3.71. The van der Waals surface area contributed by atoms with Gasteiger partial charge in [0, 0.05) is 31.3 Å². The molecule has 0 spiro atoms. The highest BCUT2D eigenvalue weighted by molar-refractivity contribution is 6.03. The molecular weight excluding hydrogens is 372 g/mol. The van der Waals surface area contributed by atoms with E-state index in [1.807, 2.05) is 18.2 Å². The van der Waals surface area contributed by atoms with Crippen molar-refractivity contribution in [1.82, 2.24) is 14.6 Å². The second-order valence-electron chi connectivity index (χ2n) is 7.69. The van der Waals surface area contributed by atoms with E-state index in [4.69, 9.17) is 16.7 Å². The van der Waals surface area contributed by atoms with Gasteiger partial charge in [0.2, 0.25) is 0 Å². The molecular formula is C24H32N6. The van der Waals surface area contributed by atoms with Crippen molar-refractivity contribution in [3.63, 3.8) is 0 Å². The number of nitrogens with zero attached hydrogens (tertiary/aromatic N) is 4. The van der Waals surface area contributed by atoms with E-state index in [1.165, 1.54) is 28.5 Å². The molecule has 158 valence electrons. The van der Waals surface area contributed by atoms with Gasteiger partial charge >= 0.3 is 0 Å². The van der Waals surface area contributed by atoms with E-state index < -0.39 is 0 Å². The molecule has 0 saturated carbocycles. The monoisotopic (exact) mass is 404 g/mol. The van der Waals surface area contributed by atoms with Crippen LogP contribution >= 0.6 is 0 Å². The number of rotatable bonds is 7. The number of aryl methyl sites for hydroxylation is 2. The van der Waals surface area contributed by atoms with Gasteiger partial charge < -0.3 is 10.4 Å². The average molecular weight is 405 g/mol. The first-order valence-corrected chi connectivity index (χ1v) is 10.4. The Morgan fingerprint density at radius 3 is 2.43 bits per heavy atom. The predicted molar refractivity (Wildman–Crippen MR) is 124 cm³/mol. The molecule has 6 nitrogen and oxygen atoms in total. The zero-order valence-electron chi connectivity index (χ0n) is 18.4. The van der Waals surface area contributed by atoms with Crippen LogP contribution in [0, 0.1) is 13.8 Å². The van der Waals surface area contributed by atoms with Crippen LogP contribution in [0.15, 0.2) is 53.6 Å². The van der Waals surface area contributed by atoms with Crippen LogP contribution in [0.4, 0.5) is 0 Å². The minimum absolute atomic E-state index is 0.541. The van der Waals surface area contributed by atoms with Crippen LogP contribution < -0.4 is 11.7 Å². The molecule has 2 aromatic carbocycles. The number of benzene rings is 2. The summed E-state index contributed by atoms with van der Waals surface area (Å²) in [5, 5.41) is 5.31. The number of nitrogens with two attached hydrogens (primary N) is 2. The third-order valence-corrected chi connectivity index (χ3v) is 5.52. The number of amidine groups is 1. The standard InChI is InChI=1S/C24H32N6/c1-5-6-11-23-27-17(2)18(3)30(23)16-19-12-14-20(15-13-19)21-9-7-8-10-22(21)24(28-25)29(4)26/h7-10,12-15H,5-6,11,16,25-26H2,1-4H3/b28-24-. The molecule has 3 aromatic rings. The summed E-state index contributed by atoms with van der Waals surface area (Å²) >= 11 is 0. The lowest BCUT2D eigenvalue weighted by molar-refractivity contribution is 0.537. The fraction of sp³-hybridized carbons (Fsp3) is 0.333. The number of hydrazone groups is 1. The summed E-state index contributed by atoms with van der Waals surface area (Å²) in [5.74, 6) is 13.2. The number of hydrogen-bond donors (Lipinski definition) is 2. The maximum atomic E-state index is 5.91. The Morgan fingerprint density at radius 1 is 1.10 bits per heavy atom. The maximum Gasteiger partial charge on any atom is 0.169 e. The quantitative estimate of drug-likeness (QED) is 0.270. The average Bonchev–Trinajstić information content (AvgIpc) is 3.01. The van der Waals surface area contributed by atoms with E-state index in [2.05, 4.69) is 60.8 Å². The largest absolute Gasteiger partial charge is 0.328 e. The van der Waals surface area contributed by atoms with Gasteiger partial charge in [-0.15, -0.1) is 0 Å². The molecule has 0 unspecified atom stereocenters. The van der Waals surface area contributed by atoms with Crippen LogP contribution in [-0.2, 0) is 13.0 Å². The van der Waals surface area contributed by atoms with Crippen molar-refractivity contribution in [2.45, 2.75) is 46.6 Å². The Kier molecular flexibility index (Phi) is 6.90. The highest BCUT2D eigenvalue weighted by atomic mass is 15.4. The minimum atomic E-state index is 0.541. The fourth-order valence-electron chi connectivity index (χ4n) is 3.71. The topological polar surface area (TPSA) is 85.5 Å².